The minimum Gasteiger partial charge on any atom is -0.382 e. The Labute approximate surface area is 189 Å². The van der Waals surface area contributed by atoms with E-state index in [0.29, 0.717) is 26.6 Å². The van der Waals surface area contributed by atoms with Crippen molar-refractivity contribution in [2.45, 2.75) is 26.3 Å². The summed E-state index contributed by atoms with van der Waals surface area (Å²) in [6.45, 7) is -2.24. The third kappa shape index (κ3) is 3.16. The summed E-state index contributed by atoms with van der Waals surface area (Å²) in [6.07, 6.45) is 1.23. The van der Waals surface area contributed by atoms with Gasteiger partial charge in [-0.3, -0.25) is 9.59 Å². The van der Waals surface area contributed by atoms with Crippen LogP contribution in [0.25, 0.3) is 16.8 Å². The maximum absolute atomic E-state index is 13.6. The van der Waals surface area contributed by atoms with Gasteiger partial charge in [-0.2, -0.15) is 10.4 Å². The lowest BCUT2D eigenvalue weighted by Gasteiger charge is -2.45. The molecule has 3 aromatic rings. The zero-order valence-corrected chi connectivity index (χ0v) is 17.6. The minimum atomic E-state index is -3.03. The summed E-state index contributed by atoms with van der Waals surface area (Å²) in [6, 6.07) is 7.80. The molecule has 0 radical (unpaired) electrons. The third-order valence-corrected chi connectivity index (χ3v) is 5.35. The van der Waals surface area contributed by atoms with Gasteiger partial charge in [-0.15, -0.1) is 0 Å². The summed E-state index contributed by atoms with van der Waals surface area (Å²) >= 11 is 6.32. The molecule has 0 aliphatic carbocycles. The normalized spacial score (nSPS) is 21.1. The molecule has 2 N–H and O–H groups in total. The number of nitriles is 1. The first-order valence-corrected chi connectivity index (χ1v) is 9.53. The van der Waals surface area contributed by atoms with E-state index in [-0.39, 0.29) is 22.1 Å². The van der Waals surface area contributed by atoms with Crippen LogP contribution in [0, 0.1) is 11.3 Å². The molecule has 0 spiro atoms. The molecule has 31 heavy (non-hydrogen) atoms. The van der Waals surface area contributed by atoms with Gasteiger partial charge in [0.25, 0.3) is 5.91 Å². The number of aromatic nitrogens is 3. The molecular weight excluding hydrogens is 418 g/mol. The Morgan fingerprint density at radius 1 is 1.35 bits per heavy atom. The van der Waals surface area contributed by atoms with Crippen molar-refractivity contribution >= 4 is 40.4 Å². The lowest BCUT2D eigenvalue weighted by Crippen LogP contribution is -2.64. The summed E-state index contributed by atoms with van der Waals surface area (Å²) in [5, 5.41) is 14.2. The third-order valence-electron chi connectivity index (χ3n) is 5.07. The Bertz CT molecular complexity index is 1450. The van der Waals surface area contributed by atoms with E-state index in [1.54, 1.807) is 12.1 Å². The highest BCUT2D eigenvalue weighted by Gasteiger charge is 2.44. The van der Waals surface area contributed by atoms with Gasteiger partial charge in [0.15, 0.2) is 5.82 Å². The molecule has 3 heterocycles. The molecular formula is C21H20ClN7O2. The van der Waals surface area contributed by atoms with Crippen molar-refractivity contribution in [2.75, 3.05) is 23.6 Å². The van der Waals surface area contributed by atoms with E-state index in [1.807, 2.05) is 6.07 Å². The monoisotopic (exact) mass is 441 g/mol. The smallest absolute Gasteiger partial charge is 0.252 e. The average Bonchev–Trinajstić information content (AvgIpc) is 3.09. The number of piperazine rings is 1. The molecule has 9 nitrogen and oxygen atoms in total. The largest absolute Gasteiger partial charge is 0.382 e. The maximum Gasteiger partial charge on any atom is 0.252 e. The molecule has 10 heteroatoms. The van der Waals surface area contributed by atoms with Gasteiger partial charge >= 0.3 is 0 Å². The van der Waals surface area contributed by atoms with Gasteiger partial charge < -0.3 is 15.5 Å². The number of carbonyl (C=O) groups excluding carboxylic acids is 2. The lowest BCUT2D eigenvalue weighted by atomic mass is 9.95. The van der Waals surface area contributed by atoms with Crippen molar-refractivity contribution in [2.24, 2.45) is 0 Å². The van der Waals surface area contributed by atoms with Gasteiger partial charge in [0, 0.05) is 25.5 Å². The van der Waals surface area contributed by atoms with Crippen molar-refractivity contribution in [1.82, 2.24) is 19.5 Å². The number of amides is 2. The predicted molar refractivity (Wildman–Crippen MR) is 116 cm³/mol. The molecule has 158 valence electrons. The Morgan fingerprint density at radius 2 is 2.10 bits per heavy atom. The van der Waals surface area contributed by atoms with E-state index in [4.69, 9.17) is 22.8 Å². The standard InChI is InChI=1S/C21H20ClN7O2/c1-12(30)28-7-6-27(20(31)21(28,2)3)16-8-13(4-5-14(16)10-23)17-9-15(22)18-19(24)25-11-26-29(17)18/h4-5,8-9,11H,6-7H2,1-3H3,(H2,24,25,26)/i6D2,7D2. The fourth-order valence-corrected chi connectivity index (χ4v) is 3.78. The fraction of sp³-hybridized carbons (Fsp3) is 0.286. The Balaban J connectivity index is 1.98. The SMILES string of the molecule is [2H]C1([2H])N(c2cc(-c3cc(Cl)c4c(N)ncnn34)ccc2C#N)C(=O)C(C)(C)N(C(C)=O)C1([2H])[2H]. The minimum absolute atomic E-state index is 0.0741. The van der Waals surface area contributed by atoms with Crippen LogP contribution < -0.4 is 10.6 Å². The summed E-state index contributed by atoms with van der Waals surface area (Å²) in [5.74, 6) is -1.57. The quantitative estimate of drug-likeness (QED) is 0.652. The van der Waals surface area contributed by atoms with Crippen LogP contribution in [0.2, 0.25) is 5.02 Å². The highest BCUT2D eigenvalue weighted by molar-refractivity contribution is 6.35. The number of fused-ring (bicyclic) bond motifs is 1. The number of nitrogen functional groups attached to an aromatic ring is 1. The molecule has 2 aromatic heterocycles. The second-order valence-corrected chi connectivity index (χ2v) is 7.81. The van der Waals surface area contributed by atoms with Crippen molar-refractivity contribution in [3.63, 3.8) is 0 Å². The van der Waals surface area contributed by atoms with E-state index in [2.05, 4.69) is 10.1 Å². The number of halogens is 1. The van der Waals surface area contributed by atoms with Crippen LogP contribution in [0.1, 0.15) is 31.8 Å². The van der Waals surface area contributed by atoms with Gasteiger partial charge in [-0.25, -0.2) is 9.50 Å². The number of nitrogens with two attached hydrogens (primary N) is 1. The maximum atomic E-state index is 13.6. The molecule has 0 atom stereocenters. The van der Waals surface area contributed by atoms with Crippen LogP contribution in [0.4, 0.5) is 11.5 Å². The van der Waals surface area contributed by atoms with Crippen LogP contribution in [-0.2, 0) is 9.59 Å². The van der Waals surface area contributed by atoms with Crippen LogP contribution in [0.15, 0.2) is 30.6 Å². The Kier molecular flexibility index (Phi) is 3.77. The van der Waals surface area contributed by atoms with E-state index >= 15 is 0 Å². The van der Waals surface area contributed by atoms with Gasteiger partial charge in [-0.05, 0) is 32.0 Å². The molecule has 1 saturated heterocycles. The van der Waals surface area contributed by atoms with Crippen LogP contribution >= 0.6 is 11.6 Å². The number of rotatable bonds is 2. The van der Waals surface area contributed by atoms with E-state index in [0.717, 1.165) is 6.92 Å². The Morgan fingerprint density at radius 3 is 2.77 bits per heavy atom. The van der Waals surface area contributed by atoms with E-state index < -0.39 is 30.3 Å². The molecule has 1 aliphatic rings. The molecule has 1 aromatic carbocycles. The molecule has 1 aliphatic heterocycles. The van der Waals surface area contributed by atoms with Gasteiger partial charge in [-0.1, -0.05) is 17.7 Å². The first kappa shape index (κ1) is 16.1. The van der Waals surface area contributed by atoms with E-state index in [9.17, 15) is 14.9 Å². The number of hydrogen-bond donors (Lipinski definition) is 1. The summed E-state index contributed by atoms with van der Waals surface area (Å²) in [7, 11) is 0. The van der Waals surface area contributed by atoms with Gasteiger partial charge in [0.2, 0.25) is 5.91 Å². The highest BCUT2D eigenvalue weighted by atomic mass is 35.5. The molecule has 0 unspecified atom stereocenters. The van der Waals surface area contributed by atoms with Crippen molar-refractivity contribution < 1.29 is 15.1 Å². The average molecular weight is 442 g/mol. The molecule has 0 saturated carbocycles. The highest BCUT2D eigenvalue weighted by Crippen LogP contribution is 2.35. The summed E-state index contributed by atoms with van der Waals surface area (Å²) in [4.78, 5) is 31.0. The molecule has 0 bridgehead atoms. The number of hydrogen-bond acceptors (Lipinski definition) is 6. The summed E-state index contributed by atoms with van der Waals surface area (Å²) < 4.78 is 35.6. The number of benzene rings is 1. The topological polar surface area (TPSA) is 121 Å². The second-order valence-electron chi connectivity index (χ2n) is 7.40. The molecule has 4 rings (SSSR count). The van der Waals surface area contributed by atoms with Crippen molar-refractivity contribution in [1.29, 1.82) is 5.26 Å². The Hall–Kier alpha value is -3.64. The zero-order valence-electron chi connectivity index (χ0n) is 20.8. The zero-order chi connectivity index (χ0) is 26.1. The van der Waals surface area contributed by atoms with Gasteiger partial charge in [0.05, 0.1) is 27.5 Å². The molecule has 2 amide bonds. The van der Waals surface area contributed by atoms with Crippen LogP contribution in [0.3, 0.4) is 0 Å². The summed E-state index contributed by atoms with van der Waals surface area (Å²) in [5.41, 5.74) is 5.07. The van der Waals surface area contributed by atoms with Crippen molar-refractivity contribution in [3.8, 4) is 17.3 Å². The predicted octanol–water partition coefficient (Wildman–Crippen LogP) is 2.48. The fourth-order valence-electron chi connectivity index (χ4n) is 3.50. The van der Waals surface area contributed by atoms with Crippen molar-refractivity contribution in [3.05, 3.63) is 41.2 Å². The molecule has 1 fully saturated rings. The second kappa shape index (κ2) is 7.25. The first-order valence-electron chi connectivity index (χ1n) is 11.2. The number of carbonyl (C=O) groups is 2. The van der Waals surface area contributed by atoms with Crippen LogP contribution in [0.5, 0.6) is 0 Å². The number of anilines is 2. The lowest BCUT2D eigenvalue weighted by molar-refractivity contribution is -0.145. The van der Waals surface area contributed by atoms with Gasteiger partial charge in [0.1, 0.15) is 23.5 Å². The van der Waals surface area contributed by atoms with Crippen LogP contribution in [-0.4, -0.2) is 49.8 Å². The van der Waals surface area contributed by atoms with E-state index in [1.165, 1.54) is 36.8 Å². The number of nitrogens with zero attached hydrogens (tertiary/aromatic N) is 6. The first-order chi connectivity index (χ1) is 16.2.